The van der Waals surface area contributed by atoms with Gasteiger partial charge in [-0.05, 0) is 45.9 Å². The Labute approximate surface area is 162 Å². The predicted octanol–water partition coefficient (Wildman–Crippen LogP) is 3.94. The molecule has 156 valence electrons. The first kappa shape index (κ1) is 21.8. The molecule has 1 amide bonds. The first-order chi connectivity index (χ1) is 12.9. The molecule has 28 heavy (non-hydrogen) atoms. The molecule has 1 aromatic rings. The Bertz CT molecular complexity index is 721. The number of esters is 1. The van der Waals surface area contributed by atoms with Crippen LogP contribution in [0.1, 0.15) is 43.6 Å². The van der Waals surface area contributed by atoms with Gasteiger partial charge in [-0.25, -0.2) is 9.59 Å². The van der Waals surface area contributed by atoms with Crippen LogP contribution in [0.25, 0.3) is 0 Å². The third-order valence-corrected chi connectivity index (χ3v) is 4.09. The van der Waals surface area contributed by atoms with Gasteiger partial charge in [0.25, 0.3) is 0 Å². The summed E-state index contributed by atoms with van der Waals surface area (Å²) in [5, 5.41) is 0. The monoisotopic (exact) mass is 402 g/mol. The Morgan fingerprint density at radius 3 is 2.18 bits per heavy atom. The molecule has 0 aliphatic carbocycles. The second kappa shape index (κ2) is 8.28. The van der Waals surface area contributed by atoms with Gasteiger partial charge in [0, 0.05) is 31.9 Å². The van der Waals surface area contributed by atoms with Crippen molar-refractivity contribution in [1.82, 2.24) is 4.90 Å². The molecule has 1 heterocycles. The number of hydrogen-bond donors (Lipinski definition) is 0. The van der Waals surface area contributed by atoms with Gasteiger partial charge in [0.2, 0.25) is 0 Å². The lowest BCUT2D eigenvalue weighted by molar-refractivity contribution is -0.137. The number of carbonyl (C=O) groups is 2. The van der Waals surface area contributed by atoms with Crippen LogP contribution in [0.15, 0.2) is 18.2 Å². The molecule has 2 rings (SSSR count). The quantitative estimate of drug-likeness (QED) is 0.717. The van der Waals surface area contributed by atoms with Crippen molar-refractivity contribution in [2.45, 2.75) is 39.5 Å². The summed E-state index contributed by atoms with van der Waals surface area (Å²) in [4.78, 5) is 26.9. The molecular formula is C19H25F3N2O4. The lowest BCUT2D eigenvalue weighted by Crippen LogP contribution is -2.50. The van der Waals surface area contributed by atoms with Crippen molar-refractivity contribution in [3.63, 3.8) is 0 Å². The van der Waals surface area contributed by atoms with E-state index in [0.29, 0.717) is 0 Å². The molecule has 9 heteroatoms. The van der Waals surface area contributed by atoms with Gasteiger partial charge in [0.05, 0.1) is 17.7 Å². The van der Waals surface area contributed by atoms with E-state index in [1.807, 2.05) is 0 Å². The first-order valence-electron chi connectivity index (χ1n) is 9.03. The molecule has 0 atom stereocenters. The highest BCUT2D eigenvalue weighted by atomic mass is 19.4. The number of carbonyl (C=O) groups excluding carboxylic acids is 2. The fourth-order valence-corrected chi connectivity index (χ4v) is 2.84. The zero-order valence-electron chi connectivity index (χ0n) is 16.4. The second-order valence-corrected chi connectivity index (χ2v) is 7.40. The molecule has 1 fully saturated rings. The number of halogens is 3. The Morgan fingerprint density at radius 2 is 1.68 bits per heavy atom. The summed E-state index contributed by atoms with van der Waals surface area (Å²) in [7, 11) is 0. The number of rotatable bonds is 3. The van der Waals surface area contributed by atoms with Crippen LogP contribution in [0, 0.1) is 0 Å². The fraction of sp³-hybridized carbons (Fsp3) is 0.579. The normalized spacial score (nSPS) is 15.4. The number of nitrogens with zero attached hydrogens (tertiary/aromatic N) is 2. The molecule has 6 nitrogen and oxygen atoms in total. The number of piperazine rings is 1. The summed E-state index contributed by atoms with van der Waals surface area (Å²) in [5.74, 6) is -0.797. The Hall–Kier alpha value is -2.45. The molecule has 0 unspecified atom stereocenters. The van der Waals surface area contributed by atoms with E-state index in [4.69, 9.17) is 9.47 Å². The van der Waals surface area contributed by atoms with Crippen molar-refractivity contribution < 1.29 is 32.2 Å². The highest BCUT2D eigenvalue weighted by Gasteiger charge is 2.37. The summed E-state index contributed by atoms with van der Waals surface area (Å²) < 4.78 is 50.8. The van der Waals surface area contributed by atoms with Crippen molar-refractivity contribution in [3.8, 4) is 0 Å². The number of anilines is 1. The molecule has 0 spiro atoms. The lowest BCUT2D eigenvalue weighted by Gasteiger charge is -2.37. The van der Waals surface area contributed by atoms with Crippen molar-refractivity contribution in [3.05, 3.63) is 29.3 Å². The van der Waals surface area contributed by atoms with Gasteiger partial charge in [-0.2, -0.15) is 13.2 Å². The zero-order valence-corrected chi connectivity index (χ0v) is 16.4. The number of ether oxygens (including phenoxy) is 2. The molecule has 0 bridgehead atoms. The third-order valence-electron chi connectivity index (χ3n) is 4.09. The van der Waals surface area contributed by atoms with Crippen LogP contribution in [0.4, 0.5) is 23.7 Å². The first-order valence-corrected chi connectivity index (χ1v) is 9.03. The minimum absolute atomic E-state index is 0.0237. The van der Waals surface area contributed by atoms with Gasteiger partial charge in [-0.3, -0.25) is 0 Å². The Balaban J connectivity index is 2.17. The van der Waals surface area contributed by atoms with Gasteiger partial charge >= 0.3 is 18.2 Å². The van der Waals surface area contributed by atoms with Gasteiger partial charge < -0.3 is 19.3 Å². The van der Waals surface area contributed by atoms with Crippen molar-refractivity contribution in [2.75, 3.05) is 37.7 Å². The number of alkyl halides is 3. The lowest BCUT2D eigenvalue weighted by atomic mass is 10.1. The molecule has 0 aromatic heterocycles. The molecular weight excluding hydrogens is 377 g/mol. The van der Waals surface area contributed by atoms with E-state index in [1.54, 1.807) is 32.6 Å². The SMILES string of the molecule is CCOC(=O)c1ccc(N2CCN(C(=O)OC(C)(C)C)CC2)c(C(F)(F)F)c1. The van der Waals surface area contributed by atoms with E-state index < -0.39 is 29.4 Å². The van der Waals surface area contributed by atoms with Crippen LogP contribution in [-0.4, -0.2) is 55.3 Å². The molecule has 1 aliphatic rings. The summed E-state index contributed by atoms with van der Waals surface area (Å²) in [6.45, 7) is 7.85. The second-order valence-electron chi connectivity index (χ2n) is 7.40. The predicted molar refractivity (Wildman–Crippen MR) is 97.4 cm³/mol. The summed E-state index contributed by atoms with van der Waals surface area (Å²) in [6, 6.07) is 3.41. The molecule has 0 saturated carbocycles. The molecule has 1 saturated heterocycles. The maximum absolute atomic E-state index is 13.6. The smallest absolute Gasteiger partial charge is 0.418 e. The van der Waals surface area contributed by atoms with Crippen molar-refractivity contribution in [2.24, 2.45) is 0 Å². The van der Waals surface area contributed by atoms with Crippen LogP contribution >= 0.6 is 0 Å². The summed E-state index contributed by atoms with van der Waals surface area (Å²) in [6.07, 6.45) is -5.11. The zero-order chi connectivity index (χ0) is 21.1. The average Bonchev–Trinajstić information content (AvgIpc) is 2.59. The standard InChI is InChI=1S/C19H25F3N2O4/c1-5-27-16(25)13-6-7-15(14(12-13)19(20,21)22)23-8-10-24(11-9-23)17(26)28-18(2,3)4/h6-7,12H,5,8-11H2,1-4H3. The van der Waals surface area contributed by atoms with Gasteiger partial charge in [0.15, 0.2) is 0 Å². The molecule has 0 N–H and O–H groups in total. The van der Waals surface area contributed by atoms with E-state index >= 15 is 0 Å². The third kappa shape index (κ3) is 5.53. The highest BCUT2D eigenvalue weighted by molar-refractivity contribution is 5.90. The highest BCUT2D eigenvalue weighted by Crippen LogP contribution is 2.37. The van der Waals surface area contributed by atoms with Crippen molar-refractivity contribution in [1.29, 1.82) is 0 Å². The number of benzene rings is 1. The van der Waals surface area contributed by atoms with Crippen LogP contribution in [0.3, 0.4) is 0 Å². The van der Waals surface area contributed by atoms with Crippen molar-refractivity contribution >= 4 is 17.7 Å². The summed E-state index contributed by atoms with van der Waals surface area (Å²) >= 11 is 0. The minimum atomic E-state index is -4.62. The topological polar surface area (TPSA) is 59.1 Å². The van der Waals surface area contributed by atoms with Crippen LogP contribution in [0.5, 0.6) is 0 Å². The maximum Gasteiger partial charge on any atom is 0.418 e. The Morgan fingerprint density at radius 1 is 1.07 bits per heavy atom. The van der Waals surface area contributed by atoms with Gasteiger partial charge in [-0.1, -0.05) is 0 Å². The average molecular weight is 402 g/mol. The maximum atomic E-state index is 13.6. The number of amides is 1. The minimum Gasteiger partial charge on any atom is -0.462 e. The Kier molecular flexibility index (Phi) is 6.46. The fourth-order valence-electron chi connectivity index (χ4n) is 2.84. The van der Waals surface area contributed by atoms with E-state index in [0.717, 1.165) is 6.07 Å². The molecule has 1 aromatic carbocycles. The number of hydrogen-bond acceptors (Lipinski definition) is 5. The van der Waals surface area contributed by atoms with Crippen LogP contribution in [-0.2, 0) is 15.7 Å². The van der Waals surface area contributed by atoms with E-state index in [1.165, 1.54) is 17.0 Å². The van der Waals surface area contributed by atoms with E-state index in [2.05, 4.69) is 0 Å². The summed E-state index contributed by atoms with van der Waals surface area (Å²) in [5.41, 5.74) is -1.71. The molecule has 1 aliphatic heterocycles. The largest absolute Gasteiger partial charge is 0.462 e. The van der Waals surface area contributed by atoms with Gasteiger partial charge in [-0.15, -0.1) is 0 Å². The van der Waals surface area contributed by atoms with Gasteiger partial charge in [0.1, 0.15) is 5.60 Å². The van der Waals surface area contributed by atoms with Crippen LogP contribution < -0.4 is 4.90 Å². The molecule has 0 radical (unpaired) electrons. The van der Waals surface area contributed by atoms with E-state index in [-0.39, 0.29) is 44.0 Å². The van der Waals surface area contributed by atoms with E-state index in [9.17, 15) is 22.8 Å². The van der Waals surface area contributed by atoms with Crippen LogP contribution in [0.2, 0.25) is 0 Å².